The van der Waals surface area contributed by atoms with Gasteiger partial charge in [-0.3, -0.25) is 24.1 Å². The fourth-order valence-corrected chi connectivity index (χ4v) is 3.55. The van der Waals surface area contributed by atoms with Crippen LogP contribution in [0.15, 0.2) is 36.4 Å². The molecule has 1 saturated heterocycles. The predicted octanol–water partition coefficient (Wildman–Crippen LogP) is 1.91. The minimum absolute atomic E-state index is 0.0340. The second kappa shape index (κ2) is 8.89. The Morgan fingerprint density at radius 2 is 1.83 bits per heavy atom. The molecule has 1 aromatic rings. The lowest BCUT2D eigenvalue weighted by Gasteiger charge is -2.16. The molecule has 3 rings (SSSR count). The molecule has 1 heterocycles. The first kappa shape index (κ1) is 20.6. The van der Waals surface area contributed by atoms with Crippen LogP contribution in [0.5, 0.6) is 5.75 Å². The highest BCUT2D eigenvalue weighted by atomic mass is 16.5. The van der Waals surface area contributed by atoms with E-state index in [1.165, 1.54) is 14.0 Å². The van der Waals surface area contributed by atoms with Crippen molar-refractivity contribution in [3.63, 3.8) is 0 Å². The lowest BCUT2D eigenvalue weighted by Crippen LogP contribution is -2.35. The molecule has 1 fully saturated rings. The lowest BCUT2D eigenvalue weighted by molar-refractivity contribution is -0.154. The molecule has 0 aromatic heterocycles. The van der Waals surface area contributed by atoms with Gasteiger partial charge in [0, 0.05) is 18.3 Å². The van der Waals surface area contributed by atoms with E-state index in [1.54, 1.807) is 24.3 Å². The molecule has 1 aliphatic carbocycles. The van der Waals surface area contributed by atoms with Crippen LogP contribution >= 0.6 is 0 Å². The smallest absolute Gasteiger partial charge is 0.308 e. The third-order valence-corrected chi connectivity index (χ3v) is 5.15. The maximum absolute atomic E-state index is 12.4. The van der Waals surface area contributed by atoms with Gasteiger partial charge in [0.05, 0.1) is 25.4 Å². The maximum Gasteiger partial charge on any atom is 0.308 e. The minimum atomic E-state index is -1.02. The van der Waals surface area contributed by atoms with Gasteiger partial charge >= 0.3 is 5.97 Å². The summed E-state index contributed by atoms with van der Waals surface area (Å²) < 4.78 is 10.2. The molecule has 0 spiro atoms. The average Bonchev–Trinajstić information content (AvgIpc) is 2.97. The van der Waals surface area contributed by atoms with E-state index in [9.17, 15) is 19.2 Å². The second-order valence-electron chi connectivity index (χ2n) is 7.09. The number of imide groups is 1. The number of hydrogen-bond acceptors (Lipinski definition) is 6. The van der Waals surface area contributed by atoms with Crippen molar-refractivity contribution in [2.75, 3.05) is 19.0 Å². The Morgan fingerprint density at radius 3 is 2.45 bits per heavy atom. The molecule has 0 saturated carbocycles. The van der Waals surface area contributed by atoms with Crippen LogP contribution in [0.2, 0.25) is 0 Å². The van der Waals surface area contributed by atoms with Crippen LogP contribution in [0.25, 0.3) is 0 Å². The summed E-state index contributed by atoms with van der Waals surface area (Å²) in [5.41, 5.74) is 0.515. The van der Waals surface area contributed by atoms with Gasteiger partial charge in [-0.2, -0.15) is 0 Å². The molecule has 1 aromatic carbocycles. The van der Waals surface area contributed by atoms with Crippen molar-refractivity contribution in [1.82, 2.24) is 4.90 Å². The Kier molecular flexibility index (Phi) is 6.31. The molecule has 2 aliphatic rings. The first-order valence-corrected chi connectivity index (χ1v) is 9.55. The molecular weight excluding hydrogens is 376 g/mol. The molecule has 1 aliphatic heterocycles. The van der Waals surface area contributed by atoms with Crippen molar-refractivity contribution in [2.45, 2.75) is 32.3 Å². The standard InChI is InChI=1S/C21H24N2O6/c1-13(19(25)22-14-6-5-7-15(12-14)28-2)29-18(24)10-11-23-20(26)16-8-3-4-9-17(16)21(23)27/h3-7,12-13,16-17H,8-11H2,1-2H3,(H,22,25). The van der Waals surface area contributed by atoms with Crippen LogP contribution in [-0.4, -0.2) is 48.3 Å². The number of anilines is 1. The zero-order valence-corrected chi connectivity index (χ0v) is 16.4. The fourth-order valence-electron chi connectivity index (χ4n) is 3.55. The van der Waals surface area contributed by atoms with Gasteiger partial charge in [-0.25, -0.2) is 0 Å². The molecule has 3 amide bonds. The number of nitrogens with zero attached hydrogens (tertiary/aromatic N) is 1. The quantitative estimate of drug-likeness (QED) is 0.426. The van der Waals surface area contributed by atoms with E-state index in [4.69, 9.17) is 9.47 Å². The van der Waals surface area contributed by atoms with Gasteiger partial charge < -0.3 is 14.8 Å². The molecule has 1 N–H and O–H groups in total. The van der Waals surface area contributed by atoms with E-state index >= 15 is 0 Å². The fraction of sp³-hybridized carbons (Fsp3) is 0.429. The van der Waals surface area contributed by atoms with Crippen molar-refractivity contribution in [3.05, 3.63) is 36.4 Å². The SMILES string of the molecule is COc1cccc(NC(=O)C(C)OC(=O)CCN2C(=O)C3CC=CCC3C2=O)c1. The summed E-state index contributed by atoms with van der Waals surface area (Å²) in [4.78, 5) is 50.3. The summed E-state index contributed by atoms with van der Waals surface area (Å²) >= 11 is 0. The van der Waals surface area contributed by atoms with E-state index in [0.717, 1.165) is 4.90 Å². The van der Waals surface area contributed by atoms with E-state index in [2.05, 4.69) is 5.32 Å². The average molecular weight is 400 g/mol. The van der Waals surface area contributed by atoms with Gasteiger partial charge in [0.2, 0.25) is 11.8 Å². The Hall–Kier alpha value is -3.16. The van der Waals surface area contributed by atoms with Crippen molar-refractivity contribution < 1.29 is 28.7 Å². The van der Waals surface area contributed by atoms with Crippen LogP contribution in [0.4, 0.5) is 5.69 Å². The molecule has 3 atom stereocenters. The van der Waals surface area contributed by atoms with Crippen LogP contribution in [0.3, 0.4) is 0 Å². The number of allylic oxidation sites excluding steroid dienone is 2. The summed E-state index contributed by atoms with van der Waals surface area (Å²) in [6.07, 6.45) is 3.75. The summed E-state index contributed by atoms with van der Waals surface area (Å²) in [5.74, 6) is -1.67. The monoisotopic (exact) mass is 400 g/mol. The van der Waals surface area contributed by atoms with E-state index < -0.39 is 18.0 Å². The number of methoxy groups -OCH3 is 1. The van der Waals surface area contributed by atoms with Gasteiger partial charge in [-0.1, -0.05) is 18.2 Å². The van der Waals surface area contributed by atoms with E-state index in [-0.39, 0.29) is 36.6 Å². The normalized spacial score (nSPS) is 21.5. The number of amides is 3. The van der Waals surface area contributed by atoms with Crippen molar-refractivity contribution in [3.8, 4) is 5.75 Å². The summed E-state index contributed by atoms with van der Waals surface area (Å²) in [6, 6.07) is 6.80. The third kappa shape index (κ3) is 4.64. The number of carbonyl (C=O) groups is 4. The minimum Gasteiger partial charge on any atom is -0.497 e. The number of benzene rings is 1. The zero-order valence-electron chi connectivity index (χ0n) is 16.4. The van der Waals surface area contributed by atoms with Gasteiger partial charge in [-0.15, -0.1) is 0 Å². The largest absolute Gasteiger partial charge is 0.497 e. The first-order valence-electron chi connectivity index (χ1n) is 9.55. The Labute approximate surface area is 168 Å². The highest BCUT2D eigenvalue weighted by molar-refractivity contribution is 6.05. The summed E-state index contributed by atoms with van der Waals surface area (Å²) in [5, 5.41) is 2.65. The number of hydrogen-bond donors (Lipinski definition) is 1. The van der Waals surface area contributed by atoms with Crippen LogP contribution < -0.4 is 10.1 Å². The number of ether oxygens (including phenoxy) is 2. The highest BCUT2D eigenvalue weighted by Gasteiger charge is 2.47. The molecule has 154 valence electrons. The maximum atomic E-state index is 12.4. The topological polar surface area (TPSA) is 102 Å². The highest BCUT2D eigenvalue weighted by Crippen LogP contribution is 2.35. The van der Waals surface area contributed by atoms with E-state index in [0.29, 0.717) is 24.3 Å². The Balaban J connectivity index is 1.48. The van der Waals surface area contributed by atoms with Gasteiger partial charge in [-0.05, 0) is 31.9 Å². The van der Waals surface area contributed by atoms with Crippen LogP contribution in [-0.2, 0) is 23.9 Å². The van der Waals surface area contributed by atoms with Gasteiger partial charge in [0.15, 0.2) is 6.10 Å². The molecule has 8 heteroatoms. The van der Waals surface area contributed by atoms with Gasteiger partial charge in [0.25, 0.3) is 5.91 Å². The summed E-state index contributed by atoms with van der Waals surface area (Å²) in [6.45, 7) is 1.42. The first-order chi connectivity index (χ1) is 13.9. The number of carbonyl (C=O) groups excluding carboxylic acids is 4. The molecule has 3 unspecified atom stereocenters. The van der Waals surface area contributed by atoms with Crippen molar-refractivity contribution >= 4 is 29.4 Å². The molecule has 29 heavy (non-hydrogen) atoms. The predicted molar refractivity (Wildman–Crippen MR) is 104 cm³/mol. The van der Waals surface area contributed by atoms with Crippen LogP contribution in [0, 0.1) is 11.8 Å². The second-order valence-corrected chi connectivity index (χ2v) is 7.09. The number of esters is 1. The van der Waals surface area contributed by atoms with E-state index in [1.807, 2.05) is 12.2 Å². The van der Waals surface area contributed by atoms with Crippen molar-refractivity contribution in [1.29, 1.82) is 0 Å². The third-order valence-electron chi connectivity index (χ3n) is 5.15. The number of fused-ring (bicyclic) bond motifs is 1. The number of rotatable bonds is 7. The van der Waals surface area contributed by atoms with Gasteiger partial charge in [0.1, 0.15) is 5.75 Å². The Bertz CT molecular complexity index is 823. The summed E-state index contributed by atoms with van der Waals surface area (Å²) in [7, 11) is 1.52. The van der Waals surface area contributed by atoms with Crippen LogP contribution in [0.1, 0.15) is 26.2 Å². The van der Waals surface area contributed by atoms with Crippen molar-refractivity contribution in [2.24, 2.45) is 11.8 Å². The number of nitrogens with one attached hydrogen (secondary N) is 1. The Morgan fingerprint density at radius 1 is 1.17 bits per heavy atom. The molecule has 8 nitrogen and oxygen atoms in total. The lowest BCUT2D eigenvalue weighted by atomic mass is 9.85. The molecule has 0 radical (unpaired) electrons. The molecule has 0 bridgehead atoms. The number of likely N-dealkylation sites (tertiary alicyclic amines) is 1. The zero-order chi connectivity index (χ0) is 21.0. The molecular formula is C21H24N2O6.